The summed E-state index contributed by atoms with van der Waals surface area (Å²) in [6.45, 7) is 1.57. The second kappa shape index (κ2) is 10.3. The predicted molar refractivity (Wildman–Crippen MR) is 122 cm³/mol. The number of hydrogen-bond donors (Lipinski definition) is 1. The van der Waals surface area contributed by atoms with Gasteiger partial charge in [-0.2, -0.15) is 13.2 Å². The maximum atomic E-state index is 13.9. The third-order valence-corrected chi connectivity index (χ3v) is 6.04. The molecular formula is C26H25F3N2O4. The molecule has 2 aromatic carbocycles. The highest BCUT2D eigenvalue weighted by atomic mass is 19.4. The van der Waals surface area contributed by atoms with Crippen LogP contribution >= 0.6 is 0 Å². The van der Waals surface area contributed by atoms with Crippen LogP contribution in [0.15, 0.2) is 60.9 Å². The minimum Gasteiger partial charge on any atom is -0.490 e. The first-order chi connectivity index (χ1) is 16.7. The van der Waals surface area contributed by atoms with Crippen LogP contribution in [0.4, 0.5) is 13.2 Å². The Labute approximate surface area is 200 Å². The second-order valence-corrected chi connectivity index (χ2v) is 8.56. The number of aromatic nitrogens is 2. The van der Waals surface area contributed by atoms with Crippen LogP contribution in [-0.2, 0) is 4.79 Å². The van der Waals surface area contributed by atoms with Gasteiger partial charge in [-0.05, 0) is 50.3 Å². The zero-order valence-electron chi connectivity index (χ0n) is 19.0. The number of carboxylic acids is 1. The Kier molecular flexibility index (Phi) is 7.23. The first-order valence-corrected chi connectivity index (χ1v) is 11.4. The molecule has 3 aromatic rings. The van der Waals surface area contributed by atoms with Gasteiger partial charge in [0.15, 0.2) is 0 Å². The Hall–Kier alpha value is -3.62. The van der Waals surface area contributed by atoms with Crippen LogP contribution in [0.25, 0.3) is 11.3 Å². The van der Waals surface area contributed by atoms with E-state index in [4.69, 9.17) is 14.6 Å². The average Bonchev–Trinajstić information content (AvgIpc) is 3.35. The molecule has 1 fully saturated rings. The number of carboxylic acid groups (broad SMARTS) is 1. The third kappa shape index (κ3) is 6.09. The normalized spacial score (nSPS) is 16.0. The maximum Gasteiger partial charge on any atom is 0.429 e. The van der Waals surface area contributed by atoms with Crippen LogP contribution in [-0.4, -0.2) is 33.3 Å². The molecule has 1 saturated carbocycles. The Morgan fingerprint density at radius 1 is 1.00 bits per heavy atom. The molecule has 9 heteroatoms. The molecule has 6 nitrogen and oxygen atoms in total. The highest BCUT2D eigenvalue weighted by molar-refractivity contribution is 5.76. The number of ether oxygens (including phenoxy) is 2. The van der Waals surface area contributed by atoms with E-state index in [-0.39, 0.29) is 17.5 Å². The smallest absolute Gasteiger partial charge is 0.429 e. The highest BCUT2D eigenvalue weighted by Crippen LogP contribution is 2.37. The molecule has 0 aliphatic heterocycles. The molecule has 0 radical (unpaired) electrons. The van der Waals surface area contributed by atoms with Crippen LogP contribution < -0.4 is 9.47 Å². The number of alkyl halides is 3. The molecule has 1 heterocycles. The van der Waals surface area contributed by atoms with Gasteiger partial charge in [-0.3, -0.25) is 4.79 Å². The van der Waals surface area contributed by atoms with Crippen molar-refractivity contribution in [1.82, 2.24) is 9.97 Å². The fraction of sp³-hybridized carbons (Fsp3) is 0.346. The van der Waals surface area contributed by atoms with Crippen molar-refractivity contribution in [2.75, 3.05) is 0 Å². The van der Waals surface area contributed by atoms with Gasteiger partial charge in [0, 0.05) is 17.2 Å². The Balaban J connectivity index is 1.52. The quantitative estimate of drug-likeness (QED) is 0.400. The minimum absolute atomic E-state index is 0.0663. The molecule has 0 saturated heterocycles. The summed E-state index contributed by atoms with van der Waals surface area (Å²) in [4.78, 5) is 19.1. The zero-order chi connectivity index (χ0) is 25.0. The number of rotatable bonds is 8. The van der Waals surface area contributed by atoms with Gasteiger partial charge in [-0.25, -0.2) is 9.97 Å². The molecule has 0 amide bonds. The molecule has 0 spiro atoms. The number of hydrogen-bond acceptors (Lipinski definition) is 5. The van der Waals surface area contributed by atoms with Crippen LogP contribution in [0, 0.1) is 0 Å². The SMILES string of the molecule is CC(C(=O)O)c1ccc(-c2cc(OC(c3ccc(OC4CCCC4)cc3)C(F)(F)F)ncn2)cc1. The molecule has 2 unspecified atom stereocenters. The van der Waals surface area contributed by atoms with E-state index in [0.717, 1.165) is 32.0 Å². The predicted octanol–water partition coefficient (Wildman–Crippen LogP) is 6.34. The van der Waals surface area contributed by atoms with Gasteiger partial charge >= 0.3 is 12.1 Å². The van der Waals surface area contributed by atoms with Crippen molar-refractivity contribution in [3.05, 3.63) is 72.1 Å². The van der Waals surface area contributed by atoms with Crippen molar-refractivity contribution < 1.29 is 32.5 Å². The van der Waals surface area contributed by atoms with Crippen LogP contribution in [0.3, 0.4) is 0 Å². The molecule has 2 atom stereocenters. The first-order valence-electron chi connectivity index (χ1n) is 11.4. The van der Waals surface area contributed by atoms with E-state index in [2.05, 4.69) is 9.97 Å². The van der Waals surface area contributed by atoms with Crippen LogP contribution in [0.2, 0.25) is 0 Å². The molecule has 0 bridgehead atoms. The zero-order valence-corrected chi connectivity index (χ0v) is 19.0. The lowest BCUT2D eigenvalue weighted by Gasteiger charge is -2.22. The Morgan fingerprint density at radius 3 is 2.23 bits per heavy atom. The van der Waals surface area contributed by atoms with Gasteiger partial charge in [-0.15, -0.1) is 0 Å². The standard InChI is InChI=1S/C26H25F3N2O4/c1-16(25(32)33)17-6-8-18(9-7-17)22-14-23(31-15-30-22)35-24(26(27,28)29)19-10-12-21(13-11-19)34-20-4-2-3-5-20/h6-16,20,24H,2-5H2,1H3,(H,32,33). The largest absolute Gasteiger partial charge is 0.490 e. The van der Waals surface area contributed by atoms with Gasteiger partial charge in [0.2, 0.25) is 12.0 Å². The average molecular weight is 486 g/mol. The van der Waals surface area contributed by atoms with E-state index in [1.54, 1.807) is 31.2 Å². The van der Waals surface area contributed by atoms with Crippen molar-refractivity contribution in [3.8, 4) is 22.9 Å². The fourth-order valence-electron chi connectivity index (χ4n) is 4.01. The lowest BCUT2D eigenvalue weighted by molar-refractivity contribution is -0.198. The van der Waals surface area contributed by atoms with Crippen molar-refractivity contribution in [2.24, 2.45) is 0 Å². The van der Waals surface area contributed by atoms with E-state index >= 15 is 0 Å². The molecule has 1 N–H and O–H groups in total. The van der Waals surface area contributed by atoms with E-state index in [1.165, 1.54) is 30.3 Å². The summed E-state index contributed by atoms with van der Waals surface area (Å²) in [5.74, 6) is -1.33. The van der Waals surface area contributed by atoms with Crippen molar-refractivity contribution in [1.29, 1.82) is 0 Å². The van der Waals surface area contributed by atoms with Crippen molar-refractivity contribution >= 4 is 5.97 Å². The number of aliphatic carboxylic acids is 1. The number of carbonyl (C=O) groups is 1. The lowest BCUT2D eigenvalue weighted by atomic mass is 9.99. The summed E-state index contributed by atoms with van der Waals surface area (Å²) >= 11 is 0. The molecule has 1 aliphatic rings. The monoisotopic (exact) mass is 486 g/mol. The minimum atomic E-state index is -4.67. The highest BCUT2D eigenvalue weighted by Gasteiger charge is 2.43. The molecule has 184 valence electrons. The molecule has 1 aromatic heterocycles. The van der Waals surface area contributed by atoms with Crippen molar-refractivity contribution in [2.45, 2.75) is 56.9 Å². The molecule has 1 aliphatic carbocycles. The van der Waals surface area contributed by atoms with Gasteiger partial charge < -0.3 is 14.6 Å². The van der Waals surface area contributed by atoms with Crippen molar-refractivity contribution in [3.63, 3.8) is 0 Å². The Morgan fingerprint density at radius 2 is 1.63 bits per heavy atom. The van der Waals surface area contributed by atoms with E-state index in [9.17, 15) is 18.0 Å². The molecule has 4 rings (SSSR count). The summed E-state index contributed by atoms with van der Waals surface area (Å²) in [7, 11) is 0. The summed E-state index contributed by atoms with van der Waals surface area (Å²) in [5.41, 5.74) is 1.48. The van der Waals surface area contributed by atoms with Gasteiger partial charge in [0.25, 0.3) is 0 Å². The van der Waals surface area contributed by atoms with Gasteiger partial charge in [0.1, 0.15) is 12.1 Å². The van der Waals surface area contributed by atoms with Gasteiger partial charge in [0.05, 0.1) is 17.7 Å². The third-order valence-electron chi connectivity index (χ3n) is 6.04. The van der Waals surface area contributed by atoms with Gasteiger partial charge in [-0.1, -0.05) is 36.4 Å². The Bertz CT molecular complexity index is 1140. The van der Waals surface area contributed by atoms with Crippen LogP contribution in [0.1, 0.15) is 55.8 Å². The van der Waals surface area contributed by atoms with E-state index < -0.39 is 24.2 Å². The number of benzene rings is 2. The lowest BCUT2D eigenvalue weighted by Crippen LogP contribution is -2.26. The first kappa shape index (κ1) is 24.5. The van der Waals surface area contributed by atoms with E-state index in [1.807, 2.05) is 0 Å². The maximum absolute atomic E-state index is 13.9. The summed E-state index contributed by atoms with van der Waals surface area (Å²) in [5, 5.41) is 9.14. The second-order valence-electron chi connectivity index (χ2n) is 8.56. The summed E-state index contributed by atoms with van der Waals surface area (Å²) in [6, 6.07) is 13.7. The summed E-state index contributed by atoms with van der Waals surface area (Å²) in [6.07, 6.45) is -1.56. The molecule has 35 heavy (non-hydrogen) atoms. The topological polar surface area (TPSA) is 81.5 Å². The van der Waals surface area contributed by atoms with E-state index in [0.29, 0.717) is 22.6 Å². The number of nitrogens with zero attached hydrogens (tertiary/aromatic N) is 2. The van der Waals surface area contributed by atoms with Crippen LogP contribution in [0.5, 0.6) is 11.6 Å². The number of halogens is 3. The fourth-order valence-corrected chi connectivity index (χ4v) is 4.01. The summed E-state index contributed by atoms with van der Waals surface area (Å²) < 4.78 is 52.8. The molecular weight excluding hydrogens is 461 g/mol.